The van der Waals surface area contributed by atoms with Crippen molar-refractivity contribution in [3.8, 4) is 11.8 Å². The molecule has 0 aliphatic carbocycles. The molecule has 19 heavy (non-hydrogen) atoms. The lowest BCUT2D eigenvalue weighted by atomic mass is 10.3. The molecule has 1 aliphatic heterocycles. The molecule has 0 saturated carbocycles. The van der Waals surface area contributed by atoms with Gasteiger partial charge in [-0.05, 0) is 0 Å². The molecule has 2 rings (SSSR count). The Morgan fingerprint density at radius 1 is 1.16 bits per heavy atom. The summed E-state index contributed by atoms with van der Waals surface area (Å²) < 4.78 is 10.2. The average molecular weight is 266 g/mol. The van der Waals surface area contributed by atoms with Gasteiger partial charge in [0.25, 0.3) is 0 Å². The molecule has 1 aromatic heterocycles. The summed E-state index contributed by atoms with van der Waals surface area (Å²) in [7, 11) is 3.13. The van der Waals surface area contributed by atoms with Crippen LogP contribution in [-0.2, 0) is 11.3 Å². The zero-order chi connectivity index (χ0) is 13.7. The third-order valence-electron chi connectivity index (χ3n) is 3.06. The fourth-order valence-electron chi connectivity index (χ4n) is 1.96. The molecule has 0 N–H and O–H groups in total. The molecule has 1 aliphatic rings. The summed E-state index contributed by atoms with van der Waals surface area (Å²) >= 11 is 0. The quantitative estimate of drug-likeness (QED) is 0.686. The van der Waals surface area contributed by atoms with Gasteiger partial charge in [0.2, 0.25) is 18.2 Å². The molecule has 104 valence electrons. The monoisotopic (exact) mass is 266 g/mol. The lowest BCUT2D eigenvalue weighted by Crippen LogP contribution is -2.45. The number of carbonyl (C=O) groups excluding carboxylic acids is 1. The zero-order valence-corrected chi connectivity index (χ0v) is 11.2. The highest BCUT2D eigenvalue weighted by Crippen LogP contribution is 2.16. The molecule has 7 heteroatoms. The number of nitrogens with zero attached hydrogens (tertiary/aromatic N) is 4. The van der Waals surface area contributed by atoms with Crippen LogP contribution in [0.1, 0.15) is 5.82 Å². The van der Waals surface area contributed by atoms with Gasteiger partial charge in [0.1, 0.15) is 5.82 Å². The Hall–Kier alpha value is -1.89. The Labute approximate surface area is 112 Å². The van der Waals surface area contributed by atoms with Gasteiger partial charge in [-0.25, -0.2) is 0 Å². The number of rotatable bonds is 5. The fourth-order valence-corrected chi connectivity index (χ4v) is 1.96. The minimum absolute atomic E-state index is 0.494. The van der Waals surface area contributed by atoms with Crippen molar-refractivity contribution in [2.75, 3.05) is 40.4 Å². The molecule has 1 amide bonds. The highest BCUT2D eigenvalue weighted by molar-refractivity contribution is 5.47. The minimum Gasteiger partial charge on any atom is -0.481 e. The Kier molecular flexibility index (Phi) is 4.51. The van der Waals surface area contributed by atoms with Crippen molar-refractivity contribution >= 4 is 6.41 Å². The first kappa shape index (κ1) is 13.5. The third-order valence-corrected chi connectivity index (χ3v) is 3.06. The van der Waals surface area contributed by atoms with Crippen molar-refractivity contribution in [3.05, 3.63) is 11.9 Å². The number of aromatic nitrogens is 2. The number of hydrogen-bond acceptors (Lipinski definition) is 6. The second-order valence-corrected chi connectivity index (χ2v) is 4.29. The smallest absolute Gasteiger partial charge is 0.220 e. The summed E-state index contributed by atoms with van der Waals surface area (Å²) in [5, 5.41) is 0. The average Bonchev–Trinajstić information content (AvgIpc) is 2.47. The first-order valence-electron chi connectivity index (χ1n) is 6.13. The summed E-state index contributed by atoms with van der Waals surface area (Å²) in [6.07, 6.45) is 0.891. The van der Waals surface area contributed by atoms with Crippen molar-refractivity contribution in [1.29, 1.82) is 0 Å². The van der Waals surface area contributed by atoms with E-state index in [2.05, 4.69) is 14.9 Å². The maximum Gasteiger partial charge on any atom is 0.220 e. The molecule has 2 heterocycles. The van der Waals surface area contributed by atoms with Crippen LogP contribution in [0.4, 0.5) is 0 Å². The third kappa shape index (κ3) is 3.54. The molecular weight excluding hydrogens is 248 g/mol. The molecule has 1 saturated heterocycles. The molecular formula is C12H18N4O3. The first-order valence-corrected chi connectivity index (χ1v) is 6.13. The van der Waals surface area contributed by atoms with E-state index in [0.29, 0.717) is 24.1 Å². The molecule has 0 spiro atoms. The van der Waals surface area contributed by atoms with Crippen molar-refractivity contribution in [1.82, 2.24) is 19.8 Å². The number of hydrogen-bond donors (Lipinski definition) is 0. The maximum atomic E-state index is 10.6. The fraction of sp³-hybridized carbons (Fsp3) is 0.583. The summed E-state index contributed by atoms with van der Waals surface area (Å²) in [5.74, 6) is 1.65. The van der Waals surface area contributed by atoms with Crippen LogP contribution in [0.2, 0.25) is 0 Å². The predicted octanol–water partition coefficient (Wildman–Crippen LogP) is -0.232. The maximum absolute atomic E-state index is 10.6. The second-order valence-electron chi connectivity index (χ2n) is 4.29. The van der Waals surface area contributed by atoms with E-state index >= 15 is 0 Å². The Bertz CT molecular complexity index is 411. The normalized spacial score (nSPS) is 16.2. The van der Waals surface area contributed by atoms with Crippen molar-refractivity contribution < 1.29 is 14.3 Å². The summed E-state index contributed by atoms with van der Waals surface area (Å²) in [6.45, 7) is 3.75. The lowest BCUT2D eigenvalue weighted by Gasteiger charge is -2.31. The van der Waals surface area contributed by atoms with Crippen molar-refractivity contribution in [2.24, 2.45) is 0 Å². The largest absolute Gasteiger partial charge is 0.481 e. The van der Waals surface area contributed by atoms with Gasteiger partial charge in [0, 0.05) is 26.2 Å². The van der Waals surface area contributed by atoms with Crippen LogP contribution in [0.15, 0.2) is 6.07 Å². The predicted molar refractivity (Wildman–Crippen MR) is 68.1 cm³/mol. The number of piperazine rings is 1. The molecule has 0 atom stereocenters. The molecule has 0 unspecified atom stereocenters. The second kappa shape index (κ2) is 6.33. The van der Waals surface area contributed by atoms with Crippen molar-refractivity contribution in [3.63, 3.8) is 0 Å². The van der Waals surface area contributed by atoms with Gasteiger partial charge in [0.05, 0.1) is 26.8 Å². The van der Waals surface area contributed by atoms with Crippen LogP contribution < -0.4 is 9.47 Å². The molecule has 0 radical (unpaired) electrons. The van der Waals surface area contributed by atoms with E-state index in [1.807, 2.05) is 0 Å². The highest BCUT2D eigenvalue weighted by Gasteiger charge is 2.17. The van der Waals surface area contributed by atoms with Gasteiger partial charge in [-0.15, -0.1) is 0 Å². The standard InChI is InChI=1S/C12H18N4O3/c1-18-11-7-12(19-2)14-10(13-11)8-15-3-5-16(9-17)6-4-15/h7,9H,3-6,8H2,1-2H3. The topological polar surface area (TPSA) is 67.8 Å². The van der Waals surface area contributed by atoms with Crippen LogP contribution in [0.3, 0.4) is 0 Å². The Morgan fingerprint density at radius 2 is 1.74 bits per heavy atom. The summed E-state index contributed by atoms with van der Waals surface area (Å²) in [4.78, 5) is 23.2. The molecule has 0 bridgehead atoms. The van der Waals surface area contributed by atoms with E-state index in [4.69, 9.17) is 9.47 Å². The molecule has 1 aromatic rings. The Morgan fingerprint density at radius 3 is 2.21 bits per heavy atom. The van der Waals surface area contributed by atoms with Crippen LogP contribution in [0.5, 0.6) is 11.8 Å². The van der Waals surface area contributed by atoms with E-state index in [1.165, 1.54) is 0 Å². The van der Waals surface area contributed by atoms with Crippen LogP contribution in [-0.4, -0.2) is 66.6 Å². The first-order chi connectivity index (χ1) is 9.25. The minimum atomic E-state index is 0.494. The van der Waals surface area contributed by atoms with Crippen LogP contribution in [0.25, 0.3) is 0 Å². The molecule has 7 nitrogen and oxygen atoms in total. The SMILES string of the molecule is COc1cc(OC)nc(CN2CCN(C=O)CC2)n1. The summed E-state index contributed by atoms with van der Waals surface area (Å²) in [5.41, 5.74) is 0. The Balaban J connectivity index is 2.00. The molecule has 1 fully saturated rings. The van der Waals surface area contributed by atoms with Crippen LogP contribution in [0, 0.1) is 0 Å². The number of carbonyl (C=O) groups is 1. The van der Waals surface area contributed by atoms with Crippen LogP contribution >= 0.6 is 0 Å². The van der Waals surface area contributed by atoms with Crippen molar-refractivity contribution in [2.45, 2.75) is 6.54 Å². The molecule has 0 aromatic carbocycles. The van der Waals surface area contributed by atoms with Gasteiger partial charge in [0.15, 0.2) is 0 Å². The van der Waals surface area contributed by atoms with E-state index in [0.717, 1.165) is 32.6 Å². The van der Waals surface area contributed by atoms with E-state index in [9.17, 15) is 4.79 Å². The zero-order valence-electron chi connectivity index (χ0n) is 11.2. The number of ether oxygens (including phenoxy) is 2. The number of methoxy groups -OCH3 is 2. The van der Waals surface area contributed by atoms with E-state index in [1.54, 1.807) is 25.2 Å². The summed E-state index contributed by atoms with van der Waals surface area (Å²) in [6, 6.07) is 1.65. The van der Waals surface area contributed by atoms with Gasteiger partial charge in [-0.2, -0.15) is 9.97 Å². The van der Waals surface area contributed by atoms with E-state index < -0.39 is 0 Å². The van der Waals surface area contributed by atoms with Gasteiger partial charge < -0.3 is 14.4 Å². The van der Waals surface area contributed by atoms with Gasteiger partial charge in [-0.1, -0.05) is 0 Å². The van der Waals surface area contributed by atoms with Gasteiger partial charge in [-0.3, -0.25) is 9.69 Å². The highest BCUT2D eigenvalue weighted by atomic mass is 16.5. The van der Waals surface area contributed by atoms with E-state index in [-0.39, 0.29) is 0 Å². The number of amides is 1. The van der Waals surface area contributed by atoms with Gasteiger partial charge >= 0.3 is 0 Å². The lowest BCUT2D eigenvalue weighted by molar-refractivity contribution is -0.119.